The number of aromatic nitrogens is 7. The van der Waals surface area contributed by atoms with Crippen molar-refractivity contribution in [3.8, 4) is 22.5 Å². The van der Waals surface area contributed by atoms with Gasteiger partial charge in [0.2, 0.25) is 0 Å². The van der Waals surface area contributed by atoms with Gasteiger partial charge in [-0.2, -0.15) is 0 Å². The van der Waals surface area contributed by atoms with Gasteiger partial charge >= 0.3 is 0 Å². The van der Waals surface area contributed by atoms with Crippen molar-refractivity contribution in [2.24, 2.45) is 0 Å². The molecule has 0 amide bonds. The van der Waals surface area contributed by atoms with Gasteiger partial charge in [-0.3, -0.25) is 10.1 Å². The number of benzene rings is 2. The number of nitrogens with zero attached hydrogens (tertiary/aromatic N) is 6. The number of rotatable bonds is 6. The molecule has 0 atom stereocenters. The van der Waals surface area contributed by atoms with Crippen molar-refractivity contribution < 1.29 is 4.92 Å². The quantitative estimate of drug-likeness (QED) is 0.296. The minimum atomic E-state index is -0.418. The van der Waals surface area contributed by atoms with Gasteiger partial charge in [0, 0.05) is 17.7 Å². The summed E-state index contributed by atoms with van der Waals surface area (Å²) in [6.07, 6.45) is 0. The first kappa shape index (κ1) is 16.8. The highest BCUT2D eigenvalue weighted by Gasteiger charge is 2.15. The molecule has 0 saturated heterocycles. The van der Waals surface area contributed by atoms with Crippen LogP contribution >= 0.6 is 11.8 Å². The lowest BCUT2D eigenvalue weighted by Crippen LogP contribution is -1.91. The molecule has 0 fully saturated rings. The molecular formula is C16H12N8O2S. The van der Waals surface area contributed by atoms with Crippen molar-refractivity contribution >= 4 is 17.4 Å². The second-order valence-electron chi connectivity index (χ2n) is 5.51. The maximum Gasteiger partial charge on any atom is 0.270 e. The van der Waals surface area contributed by atoms with Gasteiger partial charge in [-0.1, -0.05) is 42.1 Å². The Hall–Kier alpha value is -3.60. The molecule has 0 unspecified atom stereocenters. The maximum atomic E-state index is 11.3. The zero-order valence-electron chi connectivity index (χ0n) is 13.7. The van der Waals surface area contributed by atoms with E-state index >= 15 is 0 Å². The SMILES string of the molecule is O=[N+]([O-])c1cc(-c2ccccc2)cc(-c2nnc(SCc3nnn[nH]3)[nH]2)c1. The molecule has 4 rings (SSSR count). The molecular weight excluding hydrogens is 368 g/mol. The van der Waals surface area contributed by atoms with Crippen LogP contribution in [-0.2, 0) is 5.75 Å². The molecule has 0 aliphatic carbocycles. The molecule has 2 aromatic carbocycles. The van der Waals surface area contributed by atoms with Crippen LogP contribution in [0.1, 0.15) is 5.82 Å². The minimum Gasteiger partial charge on any atom is -0.316 e. The summed E-state index contributed by atoms with van der Waals surface area (Å²) >= 11 is 1.37. The Bertz CT molecular complexity index is 1070. The van der Waals surface area contributed by atoms with Crippen molar-refractivity contribution in [3.63, 3.8) is 0 Å². The van der Waals surface area contributed by atoms with E-state index in [-0.39, 0.29) is 5.69 Å². The summed E-state index contributed by atoms with van der Waals surface area (Å²) in [5.41, 5.74) is 2.20. The Morgan fingerprint density at radius 3 is 2.56 bits per heavy atom. The molecule has 0 spiro atoms. The number of hydrogen-bond acceptors (Lipinski definition) is 8. The van der Waals surface area contributed by atoms with E-state index in [2.05, 4.69) is 35.8 Å². The fourth-order valence-corrected chi connectivity index (χ4v) is 3.13. The minimum absolute atomic E-state index is 0.00955. The van der Waals surface area contributed by atoms with Crippen LogP contribution in [0.5, 0.6) is 0 Å². The number of non-ortho nitro benzene ring substituents is 1. The molecule has 0 bridgehead atoms. The van der Waals surface area contributed by atoms with Crippen molar-refractivity contribution in [2.75, 3.05) is 0 Å². The summed E-state index contributed by atoms with van der Waals surface area (Å²) in [4.78, 5) is 14.0. The summed E-state index contributed by atoms with van der Waals surface area (Å²) in [6.45, 7) is 0. The third-order valence-corrected chi connectivity index (χ3v) is 4.59. The molecule has 10 nitrogen and oxygen atoms in total. The van der Waals surface area contributed by atoms with Crippen LogP contribution in [0.15, 0.2) is 53.7 Å². The van der Waals surface area contributed by atoms with E-state index in [4.69, 9.17) is 0 Å². The molecule has 2 N–H and O–H groups in total. The van der Waals surface area contributed by atoms with E-state index in [0.717, 1.165) is 11.1 Å². The molecule has 0 saturated carbocycles. The lowest BCUT2D eigenvalue weighted by atomic mass is 10.0. The van der Waals surface area contributed by atoms with Crippen LogP contribution in [0.2, 0.25) is 0 Å². The number of hydrogen-bond donors (Lipinski definition) is 2. The summed E-state index contributed by atoms with van der Waals surface area (Å²) in [6, 6.07) is 14.3. The van der Waals surface area contributed by atoms with Crippen molar-refractivity contribution in [1.82, 2.24) is 35.8 Å². The van der Waals surface area contributed by atoms with Crippen LogP contribution < -0.4 is 0 Å². The highest BCUT2D eigenvalue weighted by atomic mass is 32.2. The molecule has 27 heavy (non-hydrogen) atoms. The highest BCUT2D eigenvalue weighted by Crippen LogP contribution is 2.30. The molecule has 2 heterocycles. The number of nitro groups is 1. The van der Waals surface area contributed by atoms with E-state index in [1.54, 1.807) is 6.07 Å². The van der Waals surface area contributed by atoms with E-state index in [1.807, 2.05) is 36.4 Å². The highest BCUT2D eigenvalue weighted by molar-refractivity contribution is 7.98. The first-order valence-corrected chi connectivity index (χ1v) is 8.81. The standard InChI is InChI=1S/C16H12N8O2S/c25-24(26)13-7-11(10-4-2-1-3-5-10)6-12(8-13)15-17-16(21-20-15)27-9-14-18-22-23-19-14/h1-8H,9H2,(H,17,20,21)(H,18,19,22,23). The third-order valence-electron chi connectivity index (χ3n) is 3.71. The number of tetrazole rings is 1. The van der Waals surface area contributed by atoms with Crippen molar-refractivity contribution in [2.45, 2.75) is 10.9 Å². The van der Waals surface area contributed by atoms with E-state index < -0.39 is 4.92 Å². The van der Waals surface area contributed by atoms with Crippen molar-refractivity contribution in [3.05, 3.63) is 64.5 Å². The van der Waals surface area contributed by atoms with Gasteiger partial charge in [-0.25, -0.2) is 5.10 Å². The Morgan fingerprint density at radius 1 is 1.00 bits per heavy atom. The molecule has 11 heteroatoms. The molecule has 0 aliphatic rings. The van der Waals surface area contributed by atoms with Gasteiger partial charge in [-0.15, -0.1) is 15.3 Å². The molecule has 4 aromatic rings. The molecule has 0 radical (unpaired) electrons. The summed E-state index contributed by atoms with van der Waals surface area (Å²) < 4.78 is 0. The number of thioether (sulfide) groups is 1. The Kier molecular flexibility index (Phi) is 4.58. The maximum absolute atomic E-state index is 11.3. The Balaban J connectivity index is 1.64. The average molecular weight is 380 g/mol. The third kappa shape index (κ3) is 3.82. The van der Waals surface area contributed by atoms with E-state index in [9.17, 15) is 10.1 Å². The van der Waals surface area contributed by atoms with Gasteiger partial charge in [0.1, 0.15) is 0 Å². The van der Waals surface area contributed by atoms with Crippen LogP contribution in [-0.4, -0.2) is 40.7 Å². The number of H-pyrrole nitrogens is 2. The smallest absolute Gasteiger partial charge is 0.270 e. The van der Waals surface area contributed by atoms with Crippen molar-refractivity contribution in [1.29, 1.82) is 0 Å². The zero-order chi connectivity index (χ0) is 18.6. The van der Waals surface area contributed by atoms with Crippen LogP contribution in [0.3, 0.4) is 0 Å². The largest absolute Gasteiger partial charge is 0.316 e. The topological polar surface area (TPSA) is 139 Å². The summed E-state index contributed by atoms with van der Waals surface area (Å²) in [7, 11) is 0. The molecule has 0 aliphatic heterocycles. The van der Waals surface area contributed by atoms with Gasteiger partial charge in [0.25, 0.3) is 5.69 Å². The number of nitro benzene ring substituents is 1. The summed E-state index contributed by atoms with van der Waals surface area (Å²) in [5.74, 6) is 1.56. The Labute approximate surface area is 156 Å². The van der Waals surface area contributed by atoms with Crippen LogP contribution in [0.4, 0.5) is 5.69 Å². The van der Waals surface area contributed by atoms with Gasteiger partial charge in [-0.05, 0) is 27.6 Å². The normalized spacial score (nSPS) is 10.8. The van der Waals surface area contributed by atoms with E-state index in [1.165, 1.54) is 17.8 Å². The Morgan fingerprint density at radius 2 is 1.81 bits per heavy atom. The predicted molar refractivity (Wildman–Crippen MR) is 97.6 cm³/mol. The second-order valence-corrected chi connectivity index (χ2v) is 6.47. The van der Waals surface area contributed by atoms with Gasteiger partial charge in [0.15, 0.2) is 16.8 Å². The fourth-order valence-electron chi connectivity index (χ4n) is 2.47. The lowest BCUT2D eigenvalue weighted by molar-refractivity contribution is -0.384. The lowest BCUT2D eigenvalue weighted by Gasteiger charge is -2.04. The van der Waals surface area contributed by atoms with Crippen LogP contribution in [0, 0.1) is 10.1 Å². The zero-order valence-corrected chi connectivity index (χ0v) is 14.6. The number of nitrogens with one attached hydrogen (secondary N) is 2. The molecule has 134 valence electrons. The first-order valence-electron chi connectivity index (χ1n) is 7.82. The van der Waals surface area contributed by atoms with Gasteiger partial charge in [0.05, 0.1) is 10.7 Å². The second kappa shape index (κ2) is 7.33. The number of aromatic amines is 2. The van der Waals surface area contributed by atoms with E-state index in [0.29, 0.717) is 28.1 Å². The predicted octanol–water partition coefficient (Wildman–Crippen LogP) is 2.85. The van der Waals surface area contributed by atoms with Crippen LogP contribution in [0.25, 0.3) is 22.5 Å². The fraction of sp³-hybridized carbons (Fsp3) is 0.0625. The first-order chi connectivity index (χ1) is 13.2. The monoisotopic (exact) mass is 380 g/mol. The summed E-state index contributed by atoms with van der Waals surface area (Å²) in [5, 5.41) is 33.6. The van der Waals surface area contributed by atoms with Gasteiger partial charge < -0.3 is 4.98 Å². The molecule has 2 aromatic heterocycles. The average Bonchev–Trinajstić information content (AvgIpc) is 3.38.